The third kappa shape index (κ3) is 7.33. The minimum Gasteiger partial charge on any atom is -0.348 e. The molecule has 2 heterocycles. The quantitative estimate of drug-likeness (QED) is 0.159. The molecule has 1 saturated heterocycles. The predicted octanol–water partition coefficient (Wildman–Crippen LogP) is 11.6. The van der Waals surface area contributed by atoms with Gasteiger partial charge in [0.25, 0.3) is 0 Å². The van der Waals surface area contributed by atoms with E-state index in [1.165, 1.54) is 56.3 Å². The first-order valence-electron chi connectivity index (χ1n) is 19.2. The zero-order chi connectivity index (χ0) is 38.2. The maximum Gasteiger partial charge on any atom is 0.209 e. The van der Waals surface area contributed by atoms with Gasteiger partial charge in [0.15, 0.2) is 5.71 Å². The maximum atomic E-state index is 6.24. The molecule has 6 rings (SSSR count). The van der Waals surface area contributed by atoms with E-state index in [-0.39, 0.29) is 10.8 Å². The van der Waals surface area contributed by atoms with Crippen LogP contribution in [0, 0.1) is 30.4 Å². The maximum absolute atomic E-state index is 6.24. The summed E-state index contributed by atoms with van der Waals surface area (Å²) in [5.74, 6) is 0.389. The number of hydrogen-bond donors (Lipinski definition) is 0. The van der Waals surface area contributed by atoms with Gasteiger partial charge < -0.3 is 9.80 Å². The lowest BCUT2D eigenvalue weighted by molar-refractivity contribution is -0.433. The zero-order valence-corrected chi connectivity index (χ0v) is 34.9. The zero-order valence-electron chi connectivity index (χ0n) is 33.4. The van der Waals surface area contributed by atoms with Gasteiger partial charge in [-0.05, 0) is 137 Å². The standard InChI is InChI=1S/C48H54BBrN3/c1-11-51-42(27-13-32(3)4)34(6)47(7,8)44(51)29-17-35-15-16-36(18-30-45-48(9,10)41-31-33(5)14-28-43(41)52(45)12-2)46(35)53(39-23-19-37(49)20-24-39)40-25-21-38(50)22-26-40/h13-14,17-21,23-25,27-31,34H,11-12,15-16H2,1-10H3/q+1/b42-27+. The predicted molar refractivity (Wildman–Crippen MR) is 230 cm³/mol. The van der Waals surface area contributed by atoms with E-state index in [2.05, 4.69) is 185 Å². The second-order valence-corrected chi connectivity index (χ2v) is 16.8. The third-order valence-electron chi connectivity index (χ3n) is 11.5. The summed E-state index contributed by atoms with van der Waals surface area (Å²) in [6.07, 6.45) is 16.0. The molecule has 3 aliphatic rings. The first kappa shape index (κ1) is 38.5. The molecule has 53 heavy (non-hydrogen) atoms. The van der Waals surface area contributed by atoms with Crippen molar-refractivity contribution in [2.45, 2.75) is 87.5 Å². The molecule has 2 aliphatic heterocycles. The van der Waals surface area contributed by atoms with Crippen LogP contribution >= 0.6 is 15.9 Å². The number of hydrogen-bond acceptors (Lipinski definition) is 2. The second-order valence-electron chi connectivity index (χ2n) is 16.0. The molecule has 1 fully saturated rings. The third-order valence-corrected chi connectivity index (χ3v) is 12.0. The lowest BCUT2D eigenvalue weighted by Crippen LogP contribution is -2.27. The molecule has 2 radical (unpaired) electrons. The van der Waals surface area contributed by atoms with E-state index >= 15 is 0 Å². The van der Waals surface area contributed by atoms with E-state index < -0.39 is 0 Å². The second kappa shape index (κ2) is 15.2. The van der Waals surface area contributed by atoms with E-state index in [9.17, 15) is 0 Å². The molecule has 0 spiro atoms. The van der Waals surface area contributed by atoms with Crippen LogP contribution in [0.2, 0.25) is 0 Å². The molecule has 270 valence electrons. The van der Waals surface area contributed by atoms with Gasteiger partial charge in [-0.3, -0.25) is 0 Å². The summed E-state index contributed by atoms with van der Waals surface area (Å²) in [4.78, 5) is 4.87. The lowest BCUT2D eigenvalue weighted by Gasteiger charge is -2.28. The van der Waals surface area contributed by atoms with Crippen molar-refractivity contribution >= 4 is 52.0 Å². The summed E-state index contributed by atoms with van der Waals surface area (Å²) in [5.41, 5.74) is 15.7. The van der Waals surface area contributed by atoms with E-state index in [1.54, 1.807) is 0 Å². The number of halogens is 1. The van der Waals surface area contributed by atoms with Crippen LogP contribution in [0.15, 0.2) is 129 Å². The highest BCUT2D eigenvalue weighted by Gasteiger charge is 2.45. The molecule has 0 amide bonds. The number of aryl methyl sites for hydroxylation is 1. The van der Waals surface area contributed by atoms with Crippen molar-refractivity contribution in [3.05, 3.63) is 153 Å². The average molecular weight is 764 g/mol. The van der Waals surface area contributed by atoms with Crippen molar-refractivity contribution < 1.29 is 4.58 Å². The van der Waals surface area contributed by atoms with Crippen molar-refractivity contribution in [2.75, 3.05) is 18.0 Å². The van der Waals surface area contributed by atoms with Crippen molar-refractivity contribution in [1.82, 2.24) is 4.90 Å². The summed E-state index contributed by atoms with van der Waals surface area (Å²) in [6.45, 7) is 24.7. The molecule has 0 N–H and O–H groups in total. The Morgan fingerprint density at radius 2 is 1.70 bits per heavy atom. The largest absolute Gasteiger partial charge is 0.348 e. The van der Waals surface area contributed by atoms with Crippen LogP contribution in [0.4, 0.5) is 17.1 Å². The Hall–Kier alpha value is -4.27. The topological polar surface area (TPSA) is 9.49 Å². The summed E-state index contributed by atoms with van der Waals surface area (Å²) >= 11 is 3.60. The van der Waals surface area contributed by atoms with Gasteiger partial charge in [0.2, 0.25) is 5.69 Å². The normalized spacial score (nSPS) is 21.4. The number of anilines is 2. The van der Waals surface area contributed by atoms with Gasteiger partial charge in [-0.2, -0.15) is 4.58 Å². The van der Waals surface area contributed by atoms with Crippen molar-refractivity contribution in [3.8, 4) is 0 Å². The number of rotatable bonds is 9. The van der Waals surface area contributed by atoms with Crippen LogP contribution in [0.25, 0.3) is 0 Å². The van der Waals surface area contributed by atoms with Crippen LogP contribution in [0.1, 0.15) is 86.3 Å². The SMILES string of the molecule is [B]c1ccc(N(C2=C(C=CC3=[N+](CC)c4ccc(C)cc4C3(C)C)CCC2=CC=C2N(CC)/C(=C/C=C(C)C)C(C)C2(C)C)c2c#cc(Br)cc2)cc1. The highest BCUT2D eigenvalue weighted by Crippen LogP contribution is 2.50. The van der Waals surface area contributed by atoms with Gasteiger partial charge in [0.05, 0.1) is 21.3 Å². The Bertz CT molecular complexity index is 2050. The van der Waals surface area contributed by atoms with E-state index in [4.69, 9.17) is 7.85 Å². The van der Waals surface area contributed by atoms with Gasteiger partial charge >= 0.3 is 0 Å². The van der Waals surface area contributed by atoms with Crippen molar-refractivity contribution in [1.29, 1.82) is 0 Å². The molecule has 3 aromatic rings. The van der Waals surface area contributed by atoms with Gasteiger partial charge in [-0.15, -0.1) is 0 Å². The molecule has 3 nitrogen and oxygen atoms in total. The lowest BCUT2D eigenvalue weighted by atomic mass is 9.79. The monoisotopic (exact) mass is 762 g/mol. The summed E-state index contributed by atoms with van der Waals surface area (Å²) in [5, 5.41) is 0. The molecule has 5 heteroatoms. The fraction of sp³-hybridized carbons (Fsp3) is 0.354. The summed E-state index contributed by atoms with van der Waals surface area (Å²) in [6, 6.07) is 26.0. The van der Waals surface area contributed by atoms with E-state index in [1.807, 2.05) is 18.2 Å². The molecule has 0 aromatic heterocycles. The van der Waals surface area contributed by atoms with Crippen LogP contribution in [0.5, 0.6) is 0 Å². The molecule has 1 atom stereocenters. The minimum absolute atomic E-state index is 0.0215. The summed E-state index contributed by atoms with van der Waals surface area (Å²) in [7, 11) is 6.24. The summed E-state index contributed by atoms with van der Waals surface area (Å²) < 4.78 is 3.36. The van der Waals surface area contributed by atoms with Crippen LogP contribution in [-0.4, -0.2) is 36.1 Å². The fourth-order valence-electron chi connectivity index (χ4n) is 8.27. The number of allylic oxidation sites excluding steroid dienone is 11. The molecular formula is C48H54BBrN3+. The Kier molecular flexibility index (Phi) is 11.1. The average Bonchev–Trinajstić information content (AvgIpc) is 3.67. The fourth-order valence-corrected chi connectivity index (χ4v) is 8.50. The van der Waals surface area contributed by atoms with Crippen molar-refractivity contribution in [3.63, 3.8) is 0 Å². The number of likely N-dealkylation sites (tertiary alicyclic amines) is 1. The molecule has 0 bridgehead atoms. The highest BCUT2D eigenvalue weighted by atomic mass is 79.9. The van der Waals surface area contributed by atoms with E-state index in [0.717, 1.165) is 47.2 Å². The Balaban J connectivity index is 1.55. The highest BCUT2D eigenvalue weighted by molar-refractivity contribution is 9.10. The Morgan fingerprint density at radius 3 is 2.34 bits per heavy atom. The molecule has 1 aliphatic carbocycles. The van der Waals surface area contributed by atoms with Gasteiger partial charge in [0, 0.05) is 52.7 Å². The van der Waals surface area contributed by atoms with E-state index in [0.29, 0.717) is 5.92 Å². The molecule has 1 unspecified atom stereocenters. The van der Waals surface area contributed by atoms with Crippen LogP contribution < -0.4 is 10.4 Å². The molecule has 3 aromatic carbocycles. The smallest absolute Gasteiger partial charge is 0.209 e. The first-order valence-corrected chi connectivity index (χ1v) is 19.9. The number of nitrogens with zero attached hydrogens (tertiary/aromatic N) is 3. The minimum atomic E-state index is -0.119. The van der Waals surface area contributed by atoms with Gasteiger partial charge in [-0.1, -0.05) is 79.9 Å². The molecule has 0 saturated carbocycles. The first-order chi connectivity index (χ1) is 25.2. The van der Waals surface area contributed by atoms with Crippen LogP contribution in [0.3, 0.4) is 0 Å². The Labute approximate surface area is 329 Å². The van der Waals surface area contributed by atoms with Crippen LogP contribution in [-0.2, 0) is 5.41 Å². The number of fused-ring (bicyclic) bond motifs is 1. The van der Waals surface area contributed by atoms with Crippen molar-refractivity contribution in [2.24, 2.45) is 11.3 Å². The molecular weight excluding hydrogens is 709 g/mol. The Morgan fingerprint density at radius 1 is 0.962 bits per heavy atom. The van der Waals surface area contributed by atoms with Gasteiger partial charge in [-0.25, -0.2) is 0 Å². The van der Waals surface area contributed by atoms with Gasteiger partial charge in [0.1, 0.15) is 14.4 Å². The number of benzene rings is 2.